The molecule has 2 aromatic heterocycles. The fourth-order valence-electron chi connectivity index (χ4n) is 2.56. The first-order valence-corrected chi connectivity index (χ1v) is 8.41. The van der Waals surface area contributed by atoms with Gasteiger partial charge in [0.25, 0.3) is 5.56 Å². The van der Waals surface area contributed by atoms with E-state index in [9.17, 15) is 4.79 Å². The lowest BCUT2D eigenvalue weighted by Crippen LogP contribution is -2.28. The van der Waals surface area contributed by atoms with Gasteiger partial charge >= 0.3 is 0 Å². The summed E-state index contributed by atoms with van der Waals surface area (Å²) in [5.41, 5.74) is 3.68. The molecule has 5 nitrogen and oxygen atoms in total. The number of anilines is 1. The fraction of sp³-hybridized carbons (Fsp3) is 0.538. The van der Waals surface area contributed by atoms with E-state index in [0.29, 0.717) is 5.95 Å². The van der Waals surface area contributed by atoms with E-state index in [1.807, 2.05) is 11.8 Å². The lowest BCUT2D eigenvalue weighted by molar-refractivity contribution is 0.610. The summed E-state index contributed by atoms with van der Waals surface area (Å²) in [4.78, 5) is 19.1. The van der Waals surface area contributed by atoms with Crippen molar-refractivity contribution in [2.24, 2.45) is 12.9 Å². The zero-order chi connectivity index (χ0) is 14.5. The highest BCUT2D eigenvalue weighted by molar-refractivity contribution is 8.00. The Labute approximate surface area is 125 Å². The summed E-state index contributed by atoms with van der Waals surface area (Å²) in [7, 11) is 1.70. The van der Waals surface area contributed by atoms with Crippen molar-refractivity contribution in [3.63, 3.8) is 0 Å². The summed E-state index contributed by atoms with van der Waals surface area (Å²) in [5, 5.41) is 0.784. The van der Waals surface area contributed by atoms with Gasteiger partial charge in [-0.25, -0.2) is 10.8 Å². The van der Waals surface area contributed by atoms with Crippen molar-refractivity contribution in [1.82, 2.24) is 9.55 Å². The highest BCUT2D eigenvalue weighted by Gasteiger charge is 2.32. The summed E-state index contributed by atoms with van der Waals surface area (Å²) in [6.45, 7) is 4.48. The van der Waals surface area contributed by atoms with Crippen LogP contribution in [-0.2, 0) is 19.2 Å². The van der Waals surface area contributed by atoms with E-state index in [-0.39, 0.29) is 10.3 Å². The number of nitrogens with one attached hydrogen (secondary N) is 1. The molecule has 1 aliphatic rings. The molecule has 1 atom stereocenters. The van der Waals surface area contributed by atoms with Gasteiger partial charge in [-0.1, -0.05) is 13.8 Å². The topological polar surface area (TPSA) is 72.9 Å². The number of hydrogen-bond acceptors (Lipinski definition) is 6. The Kier molecular flexibility index (Phi) is 3.30. The molecule has 0 unspecified atom stereocenters. The van der Waals surface area contributed by atoms with Crippen LogP contribution in [0.25, 0.3) is 10.2 Å². The van der Waals surface area contributed by atoms with Crippen molar-refractivity contribution >= 4 is 39.3 Å². The zero-order valence-electron chi connectivity index (χ0n) is 11.8. The minimum absolute atomic E-state index is 0.00852. The fourth-order valence-corrected chi connectivity index (χ4v) is 5.05. The molecule has 1 aliphatic heterocycles. The molecule has 0 radical (unpaired) electrons. The van der Waals surface area contributed by atoms with Crippen LogP contribution in [0, 0.1) is 0 Å². The number of thiophene rings is 1. The van der Waals surface area contributed by atoms with Crippen LogP contribution in [0.5, 0.6) is 0 Å². The van der Waals surface area contributed by atoms with Crippen LogP contribution in [0.3, 0.4) is 0 Å². The van der Waals surface area contributed by atoms with Crippen LogP contribution in [-0.4, -0.2) is 14.3 Å². The van der Waals surface area contributed by atoms with E-state index >= 15 is 0 Å². The number of fused-ring (bicyclic) bond motifs is 3. The molecule has 0 saturated carbocycles. The molecule has 0 fully saturated rings. The molecule has 108 valence electrons. The average molecular weight is 310 g/mol. The summed E-state index contributed by atoms with van der Waals surface area (Å²) < 4.78 is 1.71. The normalized spacial score (nSPS) is 22.0. The van der Waals surface area contributed by atoms with Crippen LogP contribution < -0.4 is 16.8 Å². The van der Waals surface area contributed by atoms with Gasteiger partial charge in [0.1, 0.15) is 4.83 Å². The van der Waals surface area contributed by atoms with Crippen LogP contribution in [0.1, 0.15) is 30.7 Å². The highest BCUT2D eigenvalue weighted by Crippen LogP contribution is 2.45. The maximum absolute atomic E-state index is 12.6. The number of nitrogens with zero attached hydrogens (tertiary/aromatic N) is 2. The van der Waals surface area contributed by atoms with Crippen molar-refractivity contribution in [3.05, 3.63) is 20.8 Å². The van der Waals surface area contributed by atoms with Crippen LogP contribution >= 0.6 is 23.1 Å². The van der Waals surface area contributed by atoms with E-state index in [2.05, 4.69) is 24.3 Å². The third-order valence-electron chi connectivity index (χ3n) is 4.10. The molecule has 3 heterocycles. The molecule has 0 aromatic carbocycles. The zero-order valence-corrected chi connectivity index (χ0v) is 13.5. The molecule has 7 heteroatoms. The minimum atomic E-state index is -0.00852. The second kappa shape index (κ2) is 4.75. The summed E-state index contributed by atoms with van der Waals surface area (Å²) in [6.07, 6.45) is 2.04. The third kappa shape index (κ3) is 1.96. The summed E-state index contributed by atoms with van der Waals surface area (Å²) in [5.74, 6) is 6.80. The van der Waals surface area contributed by atoms with Crippen molar-refractivity contribution in [2.75, 3.05) is 5.43 Å². The lowest BCUT2D eigenvalue weighted by atomic mass is 9.96. The number of thioether (sulfide) groups is 1. The van der Waals surface area contributed by atoms with Gasteiger partial charge in [0.05, 0.1) is 5.39 Å². The van der Waals surface area contributed by atoms with Crippen molar-refractivity contribution < 1.29 is 0 Å². The smallest absolute Gasteiger partial charge is 0.263 e. The highest BCUT2D eigenvalue weighted by atomic mass is 32.2. The van der Waals surface area contributed by atoms with E-state index in [1.54, 1.807) is 18.4 Å². The monoisotopic (exact) mass is 310 g/mol. The summed E-state index contributed by atoms with van der Waals surface area (Å²) in [6, 6.07) is 0. The van der Waals surface area contributed by atoms with E-state index in [1.165, 1.54) is 15.0 Å². The predicted octanol–water partition coefficient (Wildman–Crippen LogP) is 2.24. The average Bonchev–Trinajstić information content (AvgIpc) is 2.80. The number of hydrogen-bond donors (Lipinski definition) is 2. The molecule has 0 amide bonds. The summed E-state index contributed by atoms with van der Waals surface area (Å²) >= 11 is 3.60. The quantitative estimate of drug-likeness (QED) is 0.657. The number of nitrogen functional groups attached to an aromatic ring is 1. The molecule has 3 rings (SSSR count). The van der Waals surface area contributed by atoms with Gasteiger partial charge in [-0.05, 0) is 18.4 Å². The molecule has 0 bridgehead atoms. The van der Waals surface area contributed by atoms with Crippen molar-refractivity contribution in [3.8, 4) is 0 Å². The van der Waals surface area contributed by atoms with Gasteiger partial charge in [-0.3, -0.25) is 14.8 Å². The van der Waals surface area contributed by atoms with Gasteiger partial charge in [-0.2, -0.15) is 0 Å². The van der Waals surface area contributed by atoms with Crippen LogP contribution in [0.2, 0.25) is 0 Å². The Morgan fingerprint density at radius 1 is 1.55 bits per heavy atom. The number of rotatable bonds is 2. The number of nitrogens with two attached hydrogens (primary N) is 1. The maximum atomic E-state index is 12.6. The SMILES string of the molecule is CC[C@]1(C)Cc2c(sc3nc(NN)n(C)c(=O)c23)CS1. The maximum Gasteiger partial charge on any atom is 0.263 e. The molecule has 3 N–H and O–H groups in total. The Morgan fingerprint density at radius 2 is 2.30 bits per heavy atom. The Bertz CT molecular complexity index is 736. The van der Waals surface area contributed by atoms with Gasteiger partial charge in [0.2, 0.25) is 5.95 Å². The van der Waals surface area contributed by atoms with Gasteiger partial charge in [0, 0.05) is 22.4 Å². The number of hydrazine groups is 1. The van der Waals surface area contributed by atoms with Gasteiger partial charge in [-0.15, -0.1) is 23.1 Å². The Morgan fingerprint density at radius 3 is 2.95 bits per heavy atom. The first-order valence-electron chi connectivity index (χ1n) is 6.61. The molecular formula is C13H18N4OS2. The lowest BCUT2D eigenvalue weighted by Gasteiger charge is -2.31. The molecule has 0 aliphatic carbocycles. The van der Waals surface area contributed by atoms with Gasteiger partial charge in [0.15, 0.2) is 0 Å². The molecule has 20 heavy (non-hydrogen) atoms. The molecular weight excluding hydrogens is 292 g/mol. The van der Waals surface area contributed by atoms with E-state index in [4.69, 9.17) is 5.84 Å². The predicted molar refractivity (Wildman–Crippen MR) is 86.4 cm³/mol. The Hall–Kier alpha value is -1.05. The molecule has 0 spiro atoms. The molecule has 0 saturated heterocycles. The third-order valence-corrected chi connectivity index (χ3v) is 6.97. The first-order chi connectivity index (χ1) is 9.49. The van der Waals surface area contributed by atoms with Gasteiger partial charge < -0.3 is 0 Å². The van der Waals surface area contributed by atoms with E-state index < -0.39 is 0 Å². The van der Waals surface area contributed by atoms with Crippen molar-refractivity contribution in [1.29, 1.82) is 0 Å². The standard InChI is InChI=1S/C13H18N4OS2/c1-4-13(2)5-7-8(6-19-13)20-10-9(7)11(18)17(3)12(15-10)16-14/h4-6,14H2,1-3H3,(H,15,16)/t13-/m1/s1. The van der Waals surface area contributed by atoms with Crippen LogP contribution in [0.4, 0.5) is 5.95 Å². The van der Waals surface area contributed by atoms with E-state index in [0.717, 1.165) is 28.8 Å². The largest absolute Gasteiger partial charge is 0.294 e. The first kappa shape index (κ1) is 13.9. The Balaban J connectivity index is 2.27. The van der Waals surface area contributed by atoms with Crippen molar-refractivity contribution in [2.45, 2.75) is 37.2 Å². The van der Waals surface area contributed by atoms with Crippen LogP contribution in [0.15, 0.2) is 4.79 Å². The minimum Gasteiger partial charge on any atom is -0.294 e. The second-order valence-electron chi connectivity index (χ2n) is 5.40. The second-order valence-corrected chi connectivity index (χ2v) is 8.04. The molecule has 2 aromatic rings. The number of aromatic nitrogens is 2.